The molecule has 0 aliphatic heterocycles. The Morgan fingerprint density at radius 2 is 2.06 bits per heavy atom. The van der Waals surface area contributed by atoms with Gasteiger partial charge in [0.25, 0.3) is 0 Å². The van der Waals surface area contributed by atoms with E-state index < -0.39 is 0 Å². The topological polar surface area (TPSA) is 41.6 Å². The summed E-state index contributed by atoms with van der Waals surface area (Å²) in [6, 6.07) is 9.84. The lowest BCUT2D eigenvalue weighted by molar-refractivity contribution is 1.17. The SMILES string of the molecule is Clc1cc(-c2cccc3[nH]ccc23)ncn1. The highest BCUT2D eigenvalue weighted by Crippen LogP contribution is 2.27. The normalized spacial score (nSPS) is 10.8. The van der Waals surface area contributed by atoms with E-state index in [1.807, 2.05) is 30.5 Å². The molecule has 1 N–H and O–H groups in total. The third kappa shape index (κ3) is 1.46. The molecule has 16 heavy (non-hydrogen) atoms. The van der Waals surface area contributed by atoms with Crippen LogP contribution in [0, 0.1) is 0 Å². The predicted molar refractivity (Wildman–Crippen MR) is 64.3 cm³/mol. The first-order valence-electron chi connectivity index (χ1n) is 4.88. The van der Waals surface area contributed by atoms with Gasteiger partial charge in [-0.2, -0.15) is 0 Å². The number of aromatic amines is 1. The molecule has 0 unspecified atom stereocenters. The largest absolute Gasteiger partial charge is 0.361 e. The molecule has 0 aliphatic carbocycles. The standard InChI is InChI=1S/C12H8ClN3/c13-12-6-11(15-7-16-12)8-2-1-3-10-9(8)4-5-14-10/h1-7,14H. The third-order valence-corrected chi connectivity index (χ3v) is 2.71. The number of hydrogen-bond acceptors (Lipinski definition) is 2. The summed E-state index contributed by atoms with van der Waals surface area (Å²) in [6.45, 7) is 0. The number of nitrogens with one attached hydrogen (secondary N) is 1. The van der Waals surface area contributed by atoms with Crippen molar-refractivity contribution in [2.24, 2.45) is 0 Å². The Morgan fingerprint density at radius 3 is 2.94 bits per heavy atom. The minimum absolute atomic E-state index is 0.456. The molecule has 0 atom stereocenters. The van der Waals surface area contributed by atoms with Gasteiger partial charge < -0.3 is 4.98 Å². The summed E-state index contributed by atoms with van der Waals surface area (Å²) in [4.78, 5) is 11.3. The van der Waals surface area contributed by atoms with Crippen LogP contribution in [0.3, 0.4) is 0 Å². The minimum Gasteiger partial charge on any atom is -0.361 e. The number of nitrogens with zero attached hydrogens (tertiary/aromatic N) is 2. The van der Waals surface area contributed by atoms with E-state index in [4.69, 9.17) is 11.6 Å². The van der Waals surface area contributed by atoms with Crippen molar-refractivity contribution in [3.8, 4) is 11.3 Å². The van der Waals surface area contributed by atoms with Gasteiger partial charge in [-0.1, -0.05) is 23.7 Å². The van der Waals surface area contributed by atoms with E-state index in [1.165, 1.54) is 6.33 Å². The highest BCUT2D eigenvalue weighted by atomic mass is 35.5. The first-order valence-corrected chi connectivity index (χ1v) is 5.26. The lowest BCUT2D eigenvalue weighted by Crippen LogP contribution is -1.86. The van der Waals surface area contributed by atoms with Crippen LogP contribution in [0.5, 0.6) is 0 Å². The summed E-state index contributed by atoms with van der Waals surface area (Å²) < 4.78 is 0. The highest BCUT2D eigenvalue weighted by molar-refractivity contribution is 6.29. The number of H-pyrrole nitrogens is 1. The van der Waals surface area contributed by atoms with Crippen LogP contribution >= 0.6 is 11.6 Å². The van der Waals surface area contributed by atoms with Crippen LogP contribution in [0.1, 0.15) is 0 Å². The van der Waals surface area contributed by atoms with Crippen molar-refractivity contribution in [1.29, 1.82) is 0 Å². The molecule has 0 saturated heterocycles. The summed E-state index contributed by atoms with van der Waals surface area (Å²) in [5, 5.41) is 1.59. The van der Waals surface area contributed by atoms with Crippen molar-refractivity contribution < 1.29 is 0 Å². The summed E-state index contributed by atoms with van der Waals surface area (Å²) in [7, 11) is 0. The molecule has 3 nitrogen and oxygen atoms in total. The van der Waals surface area contributed by atoms with Crippen molar-refractivity contribution >= 4 is 22.5 Å². The number of halogens is 1. The molecule has 2 heterocycles. The van der Waals surface area contributed by atoms with Crippen molar-refractivity contribution in [1.82, 2.24) is 15.0 Å². The molecule has 78 valence electrons. The molecule has 3 rings (SSSR count). The van der Waals surface area contributed by atoms with E-state index in [9.17, 15) is 0 Å². The van der Waals surface area contributed by atoms with Crippen molar-refractivity contribution in [2.75, 3.05) is 0 Å². The molecular formula is C12H8ClN3. The van der Waals surface area contributed by atoms with E-state index >= 15 is 0 Å². The number of fused-ring (bicyclic) bond motifs is 1. The molecule has 1 aromatic carbocycles. The summed E-state index contributed by atoms with van der Waals surface area (Å²) >= 11 is 5.86. The first kappa shape index (κ1) is 9.36. The average molecular weight is 230 g/mol. The maximum absolute atomic E-state index is 5.86. The molecule has 0 aliphatic rings. The maximum Gasteiger partial charge on any atom is 0.133 e. The monoisotopic (exact) mass is 229 g/mol. The predicted octanol–water partition coefficient (Wildman–Crippen LogP) is 3.28. The van der Waals surface area contributed by atoms with E-state index in [0.717, 1.165) is 22.2 Å². The van der Waals surface area contributed by atoms with Crippen molar-refractivity contribution in [2.45, 2.75) is 0 Å². The summed E-state index contributed by atoms with van der Waals surface area (Å²) in [5.74, 6) is 0. The molecule has 2 aromatic heterocycles. The highest BCUT2D eigenvalue weighted by Gasteiger charge is 2.05. The number of benzene rings is 1. The van der Waals surface area contributed by atoms with E-state index in [2.05, 4.69) is 15.0 Å². The van der Waals surface area contributed by atoms with E-state index in [1.54, 1.807) is 6.07 Å². The van der Waals surface area contributed by atoms with E-state index in [-0.39, 0.29) is 0 Å². The molecule has 0 spiro atoms. The Labute approximate surface area is 97.1 Å². The molecule has 0 radical (unpaired) electrons. The zero-order valence-electron chi connectivity index (χ0n) is 8.31. The fraction of sp³-hybridized carbons (Fsp3) is 0. The fourth-order valence-electron chi connectivity index (χ4n) is 1.79. The Balaban J connectivity index is 2.29. The minimum atomic E-state index is 0.456. The smallest absolute Gasteiger partial charge is 0.133 e. The van der Waals surface area contributed by atoms with Crippen LogP contribution in [-0.2, 0) is 0 Å². The quantitative estimate of drug-likeness (QED) is 0.651. The van der Waals surface area contributed by atoms with Crippen LogP contribution in [0.25, 0.3) is 22.2 Å². The van der Waals surface area contributed by atoms with Crippen LogP contribution in [0.2, 0.25) is 5.15 Å². The summed E-state index contributed by atoms with van der Waals surface area (Å²) in [5.41, 5.74) is 2.99. The van der Waals surface area contributed by atoms with Crippen molar-refractivity contribution in [3.05, 3.63) is 48.0 Å². The lowest BCUT2D eigenvalue weighted by atomic mass is 10.1. The summed E-state index contributed by atoms with van der Waals surface area (Å²) in [6.07, 6.45) is 3.39. The average Bonchev–Trinajstić information content (AvgIpc) is 2.76. The maximum atomic E-state index is 5.86. The second-order valence-electron chi connectivity index (χ2n) is 3.47. The fourth-order valence-corrected chi connectivity index (χ4v) is 1.94. The number of rotatable bonds is 1. The van der Waals surface area contributed by atoms with Gasteiger partial charge in [0, 0.05) is 28.7 Å². The zero-order valence-corrected chi connectivity index (χ0v) is 9.07. The van der Waals surface area contributed by atoms with E-state index in [0.29, 0.717) is 5.15 Å². The molecule has 0 amide bonds. The second-order valence-corrected chi connectivity index (χ2v) is 3.86. The van der Waals surface area contributed by atoms with Gasteiger partial charge in [-0.3, -0.25) is 0 Å². The van der Waals surface area contributed by atoms with Crippen molar-refractivity contribution in [3.63, 3.8) is 0 Å². The van der Waals surface area contributed by atoms with Gasteiger partial charge in [0.15, 0.2) is 0 Å². The Kier molecular flexibility index (Phi) is 2.11. The third-order valence-electron chi connectivity index (χ3n) is 2.50. The molecule has 4 heteroatoms. The van der Waals surface area contributed by atoms with Gasteiger partial charge in [-0.15, -0.1) is 0 Å². The molecule has 0 saturated carbocycles. The van der Waals surface area contributed by atoms with Crippen LogP contribution in [0.15, 0.2) is 42.9 Å². The molecule has 3 aromatic rings. The Morgan fingerprint density at radius 1 is 1.12 bits per heavy atom. The second kappa shape index (κ2) is 3.61. The van der Waals surface area contributed by atoms with Gasteiger partial charge in [-0.25, -0.2) is 9.97 Å². The van der Waals surface area contributed by atoms with Gasteiger partial charge >= 0.3 is 0 Å². The Hall–Kier alpha value is -1.87. The van der Waals surface area contributed by atoms with Gasteiger partial charge in [-0.05, 0) is 12.1 Å². The lowest BCUT2D eigenvalue weighted by Gasteiger charge is -2.02. The molecular weight excluding hydrogens is 222 g/mol. The number of hydrogen-bond donors (Lipinski definition) is 1. The van der Waals surface area contributed by atoms with Crippen LogP contribution in [0.4, 0.5) is 0 Å². The molecule has 0 fully saturated rings. The van der Waals surface area contributed by atoms with Gasteiger partial charge in [0.1, 0.15) is 11.5 Å². The number of aromatic nitrogens is 3. The zero-order chi connectivity index (χ0) is 11.0. The van der Waals surface area contributed by atoms with Gasteiger partial charge in [0.05, 0.1) is 5.69 Å². The van der Waals surface area contributed by atoms with Crippen LogP contribution < -0.4 is 0 Å². The molecule has 0 bridgehead atoms. The van der Waals surface area contributed by atoms with Gasteiger partial charge in [0.2, 0.25) is 0 Å². The first-order chi connectivity index (χ1) is 7.84. The van der Waals surface area contributed by atoms with Crippen LogP contribution in [-0.4, -0.2) is 15.0 Å². The Bertz CT molecular complexity index is 645.